The molecule has 2 aromatic rings. The third-order valence-electron chi connectivity index (χ3n) is 4.72. The first-order chi connectivity index (χ1) is 12.7. The van der Waals surface area contributed by atoms with E-state index >= 15 is 0 Å². The Kier molecular flexibility index (Phi) is 5.06. The third-order valence-corrected chi connectivity index (χ3v) is 6.56. The normalized spacial score (nSPS) is 16.1. The van der Waals surface area contributed by atoms with Crippen LogP contribution in [0, 0.1) is 13.8 Å². The maximum Gasteiger partial charge on any atom is 0.269 e. The summed E-state index contributed by atoms with van der Waals surface area (Å²) >= 11 is 0. The van der Waals surface area contributed by atoms with Gasteiger partial charge in [-0.05, 0) is 44.0 Å². The van der Waals surface area contributed by atoms with Gasteiger partial charge in [0.05, 0.1) is 11.6 Å². The van der Waals surface area contributed by atoms with Crippen LogP contribution in [0.25, 0.3) is 0 Å². The Hall–Kier alpha value is -2.67. The van der Waals surface area contributed by atoms with Gasteiger partial charge >= 0.3 is 0 Å². The number of sulfonamides is 1. The van der Waals surface area contributed by atoms with Gasteiger partial charge in [0.15, 0.2) is 0 Å². The molecule has 0 saturated heterocycles. The highest BCUT2D eigenvalue weighted by Gasteiger charge is 2.40. The smallest absolute Gasteiger partial charge is 0.269 e. The lowest BCUT2D eigenvalue weighted by molar-refractivity contribution is -0.121. The van der Waals surface area contributed by atoms with Gasteiger partial charge in [-0.2, -0.15) is 0 Å². The van der Waals surface area contributed by atoms with E-state index in [0.29, 0.717) is 0 Å². The number of benzene rings is 2. The fraction of sp³-hybridized carbons (Fsp3) is 0.300. The van der Waals surface area contributed by atoms with Crippen LogP contribution in [0.2, 0.25) is 0 Å². The number of nitrogens with one attached hydrogen (secondary N) is 1. The Balaban J connectivity index is 1.65. The van der Waals surface area contributed by atoms with Gasteiger partial charge in [0.25, 0.3) is 15.9 Å². The quantitative estimate of drug-likeness (QED) is 0.856. The first-order valence-corrected chi connectivity index (χ1v) is 10.2. The number of carbonyl (C=O) groups is 2. The van der Waals surface area contributed by atoms with Crippen molar-refractivity contribution in [1.82, 2.24) is 9.62 Å². The summed E-state index contributed by atoms with van der Waals surface area (Å²) in [6, 6.07) is 11.9. The lowest BCUT2D eigenvalue weighted by atomic mass is 10.0. The summed E-state index contributed by atoms with van der Waals surface area (Å²) < 4.78 is 25.8. The molecule has 3 rings (SSSR count). The molecule has 27 heavy (non-hydrogen) atoms. The predicted octanol–water partition coefficient (Wildman–Crippen LogP) is 2.72. The van der Waals surface area contributed by atoms with E-state index in [4.69, 9.17) is 0 Å². The summed E-state index contributed by atoms with van der Waals surface area (Å²) in [5, 5.41) is 2.87. The zero-order valence-electron chi connectivity index (χ0n) is 15.5. The number of fused-ring (bicyclic) bond motifs is 1. The van der Waals surface area contributed by atoms with Gasteiger partial charge in [0, 0.05) is 13.0 Å². The SMILES string of the molecule is Cc1ccc([C@H](C)NC(=O)CCN2C(=O)c3ccccc3S2(=O)=O)c(C)c1. The van der Waals surface area contributed by atoms with E-state index in [0.717, 1.165) is 21.0 Å². The maximum absolute atomic E-state index is 12.5. The monoisotopic (exact) mass is 386 g/mol. The summed E-state index contributed by atoms with van der Waals surface area (Å²) in [5.41, 5.74) is 3.38. The fourth-order valence-corrected chi connectivity index (χ4v) is 4.93. The summed E-state index contributed by atoms with van der Waals surface area (Å²) in [6.07, 6.45) is -0.0891. The molecule has 1 N–H and O–H groups in total. The summed E-state index contributed by atoms with van der Waals surface area (Å²) in [4.78, 5) is 24.7. The second-order valence-corrected chi connectivity index (χ2v) is 8.61. The van der Waals surface area contributed by atoms with E-state index < -0.39 is 15.9 Å². The van der Waals surface area contributed by atoms with Crippen LogP contribution in [0.1, 0.15) is 46.4 Å². The Morgan fingerprint density at radius 1 is 1.15 bits per heavy atom. The lowest BCUT2D eigenvalue weighted by Gasteiger charge is -2.19. The van der Waals surface area contributed by atoms with Crippen molar-refractivity contribution in [2.24, 2.45) is 0 Å². The zero-order chi connectivity index (χ0) is 19.8. The van der Waals surface area contributed by atoms with Gasteiger partial charge in [-0.1, -0.05) is 35.9 Å². The van der Waals surface area contributed by atoms with Gasteiger partial charge in [0.1, 0.15) is 4.90 Å². The molecule has 0 unspecified atom stereocenters. The van der Waals surface area contributed by atoms with Crippen LogP contribution in [0.3, 0.4) is 0 Å². The highest BCUT2D eigenvalue weighted by molar-refractivity contribution is 7.90. The second-order valence-electron chi connectivity index (χ2n) is 6.78. The van der Waals surface area contributed by atoms with E-state index in [1.807, 2.05) is 39.0 Å². The number of nitrogens with zero attached hydrogens (tertiary/aromatic N) is 1. The summed E-state index contributed by atoms with van der Waals surface area (Å²) in [5.74, 6) is -0.887. The molecular weight excluding hydrogens is 364 g/mol. The molecule has 142 valence electrons. The molecule has 0 radical (unpaired) electrons. The van der Waals surface area contributed by atoms with Gasteiger partial charge < -0.3 is 5.32 Å². The van der Waals surface area contributed by atoms with Crippen molar-refractivity contribution >= 4 is 21.8 Å². The molecule has 6 nitrogen and oxygen atoms in total. The van der Waals surface area contributed by atoms with Crippen LogP contribution in [-0.2, 0) is 14.8 Å². The van der Waals surface area contributed by atoms with Gasteiger partial charge in [-0.3, -0.25) is 9.59 Å². The van der Waals surface area contributed by atoms with Crippen LogP contribution >= 0.6 is 0 Å². The first kappa shape index (κ1) is 19.1. The van der Waals surface area contributed by atoms with Crippen molar-refractivity contribution in [3.8, 4) is 0 Å². The third kappa shape index (κ3) is 3.60. The van der Waals surface area contributed by atoms with Crippen LogP contribution in [0.15, 0.2) is 47.4 Å². The average molecular weight is 386 g/mol. The number of carbonyl (C=O) groups excluding carboxylic acids is 2. The molecule has 0 bridgehead atoms. The molecule has 0 spiro atoms. The van der Waals surface area contributed by atoms with Crippen molar-refractivity contribution in [3.63, 3.8) is 0 Å². The molecule has 2 amide bonds. The fourth-order valence-electron chi connectivity index (χ4n) is 3.36. The highest BCUT2D eigenvalue weighted by Crippen LogP contribution is 2.29. The van der Waals surface area contributed by atoms with Crippen LogP contribution < -0.4 is 5.32 Å². The topological polar surface area (TPSA) is 83.6 Å². The van der Waals surface area contributed by atoms with Gasteiger partial charge in [-0.25, -0.2) is 12.7 Å². The molecule has 0 fully saturated rings. The number of rotatable bonds is 5. The maximum atomic E-state index is 12.5. The molecule has 0 saturated carbocycles. The number of aryl methyl sites for hydroxylation is 2. The van der Waals surface area contributed by atoms with Crippen molar-refractivity contribution in [2.45, 2.75) is 38.1 Å². The first-order valence-electron chi connectivity index (χ1n) is 8.74. The largest absolute Gasteiger partial charge is 0.350 e. The molecule has 1 aliphatic rings. The van der Waals surface area contributed by atoms with Crippen molar-refractivity contribution in [1.29, 1.82) is 0 Å². The molecular formula is C20H22N2O4S. The average Bonchev–Trinajstić information content (AvgIpc) is 2.79. The Bertz CT molecular complexity index is 1010. The van der Waals surface area contributed by atoms with E-state index in [1.165, 1.54) is 12.1 Å². The molecule has 1 heterocycles. The Morgan fingerprint density at radius 2 is 1.85 bits per heavy atom. The molecule has 7 heteroatoms. The van der Waals surface area contributed by atoms with Crippen LogP contribution in [-0.4, -0.2) is 31.1 Å². The van der Waals surface area contributed by atoms with E-state index in [-0.39, 0.29) is 35.4 Å². The predicted molar refractivity (Wildman–Crippen MR) is 102 cm³/mol. The van der Waals surface area contributed by atoms with E-state index in [9.17, 15) is 18.0 Å². The summed E-state index contributed by atoms with van der Waals surface area (Å²) in [6.45, 7) is 5.69. The number of hydrogen-bond donors (Lipinski definition) is 1. The van der Waals surface area contributed by atoms with Gasteiger partial charge in [0.2, 0.25) is 5.91 Å². The lowest BCUT2D eigenvalue weighted by Crippen LogP contribution is -2.35. The van der Waals surface area contributed by atoms with Crippen LogP contribution in [0.5, 0.6) is 0 Å². The van der Waals surface area contributed by atoms with E-state index in [2.05, 4.69) is 5.32 Å². The molecule has 2 aromatic carbocycles. The molecule has 1 atom stereocenters. The van der Waals surface area contributed by atoms with Crippen LogP contribution in [0.4, 0.5) is 0 Å². The van der Waals surface area contributed by atoms with Crippen molar-refractivity contribution in [2.75, 3.05) is 6.54 Å². The molecule has 0 aromatic heterocycles. The zero-order valence-corrected chi connectivity index (χ0v) is 16.3. The van der Waals surface area contributed by atoms with Gasteiger partial charge in [-0.15, -0.1) is 0 Å². The standard InChI is InChI=1S/C20H22N2O4S/c1-13-8-9-16(14(2)12-13)15(3)21-19(23)10-11-22-20(24)17-6-4-5-7-18(17)27(22,25)26/h4-9,12,15H,10-11H2,1-3H3,(H,21,23)/t15-/m0/s1. The minimum atomic E-state index is -3.88. The molecule has 1 aliphatic heterocycles. The van der Waals surface area contributed by atoms with Crippen molar-refractivity contribution in [3.05, 3.63) is 64.7 Å². The molecule has 0 aliphatic carbocycles. The Morgan fingerprint density at radius 3 is 2.52 bits per heavy atom. The number of hydrogen-bond acceptors (Lipinski definition) is 4. The Labute approximate surface area is 159 Å². The van der Waals surface area contributed by atoms with Crippen molar-refractivity contribution < 1.29 is 18.0 Å². The number of amides is 2. The van der Waals surface area contributed by atoms with E-state index in [1.54, 1.807) is 12.1 Å². The second kappa shape index (κ2) is 7.15. The minimum absolute atomic E-state index is 0.000874. The summed E-state index contributed by atoms with van der Waals surface area (Å²) in [7, 11) is -3.88. The highest BCUT2D eigenvalue weighted by atomic mass is 32.2. The minimum Gasteiger partial charge on any atom is -0.350 e.